The van der Waals surface area contributed by atoms with Gasteiger partial charge in [0.05, 0.1) is 13.2 Å². The Morgan fingerprint density at radius 2 is 1.80 bits per heavy atom. The highest BCUT2D eigenvalue weighted by Crippen LogP contribution is 2.46. The van der Waals surface area contributed by atoms with Crippen LogP contribution < -0.4 is 24.8 Å². The fourth-order valence-electron chi connectivity index (χ4n) is 7.40. The van der Waals surface area contributed by atoms with Crippen LogP contribution in [0, 0.1) is 5.92 Å². The van der Waals surface area contributed by atoms with Crippen molar-refractivity contribution in [1.29, 1.82) is 0 Å². The molecule has 7 rings (SSSR count). The summed E-state index contributed by atoms with van der Waals surface area (Å²) in [6.45, 7) is -0.0172. The first-order valence-corrected chi connectivity index (χ1v) is 19.8. The molecule has 55 heavy (non-hydrogen) atoms. The number of hydrogen-bond donors (Lipinski definition) is 5. The largest absolute Gasteiger partial charge is 0.497 e. The molecule has 0 unspecified atom stereocenters. The van der Waals surface area contributed by atoms with E-state index in [9.17, 15) is 27.6 Å². The van der Waals surface area contributed by atoms with Crippen LogP contribution in [-0.2, 0) is 29.3 Å². The highest BCUT2D eigenvalue weighted by atomic mass is 32.2. The van der Waals surface area contributed by atoms with Crippen LogP contribution in [0.4, 0.5) is 10.7 Å². The van der Waals surface area contributed by atoms with Gasteiger partial charge in [0, 0.05) is 24.4 Å². The minimum atomic E-state index is -4.53. The third-order valence-electron chi connectivity index (χ3n) is 10.4. The first kappa shape index (κ1) is 37.6. The lowest BCUT2D eigenvalue weighted by molar-refractivity contribution is -0.141. The predicted molar refractivity (Wildman–Crippen MR) is 191 cm³/mol. The molecule has 2 saturated carbocycles. The van der Waals surface area contributed by atoms with Crippen molar-refractivity contribution in [2.75, 3.05) is 18.4 Å². The van der Waals surface area contributed by atoms with Crippen molar-refractivity contribution >= 4 is 40.0 Å². The number of aromatic nitrogens is 8. The number of methoxy groups -OCH3 is 1. The zero-order valence-corrected chi connectivity index (χ0v) is 30.9. The number of H-pyrrole nitrogens is 1. The summed E-state index contributed by atoms with van der Waals surface area (Å²) < 4.78 is 40.6. The molecule has 2 aliphatic carbocycles. The molecule has 1 saturated heterocycles. The van der Waals surface area contributed by atoms with Gasteiger partial charge in [-0.05, 0) is 86.1 Å². The standard InChI is InChI=1S/C33H43N13O8S/c1-53-23-15-13-20(14-16-23)27-36-44-46(39-27)22-17-26-28(47)35-33(30(49)40-55(51,52)41-31-37-42-43-38-31)18-21(33)9-5-3-2-4-6-12-25(29(48)45(26)19-22)34-32(50)54-24-10-7-8-11-24/h5,9,13-16,21-22,24-26H,2-4,6-8,10-12,17-19H2,1H3,(H,34,50)(H,35,47)(H,40,49)(H2,37,38,41,42,43)/b9-5-/t21-,22-,25-,26+,33+/m1/s1. The molecule has 1 aromatic carbocycles. The number of ether oxygens (including phenoxy) is 2. The second-order valence-electron chi connectivity index (χ2n) is 14.2. The Balaban J connectivity index is 1.16. The normalized spacial score (nSPS) is 26.7. The van der Waals surface area contributed by atoms with Gasteiger partial charge in [-0.2, -0.15) is 18.4 Å². The van der Waals surface area contributed by atoms with Crippen molar-refractivity contribution in [3.63, 3.8) is 0 Å². The van der Waals surface area contributed by atoms with Gasteiger partial charge in [-0.3, -0.25) is 14.4 Å². The number of benzene rings is 1. The summed E-state index contributed by atoms with van der Waals surface area (Å²) in [5.74, 6) is -2.15. The quantitative estimate of drug-likeness (QED) is 0.189. The molecule has 2 aliphatic heterocycles. The third kappa shape index (κ3) is 8.68. The summed E-state index contributed by atoms with van der Waals surface area (Å²) in [6.07, 6.45) is 9.39. The molecule has 0 radical (unpaired) electrons. The van der Waals surface area contributed by atoms with Gasteiger partial charge in [-0.25, -0.2) is 14.2 Å². The van der Waals surface area contributed by atoms with Gasteiger partial charge in [0.15, 0.2) is 0 Å². The minimum absolute atomic E-state index is 0.0172. The number of anilines is 1. The van der Waals surface area contributed by atoms with Crippen molar-refractivity contribution < 1.29 is 37.1 Å². The monoisotopic (exact) mass is 781 g/mol. The number of tetrazole rings is 2. The van der Waals surface area contributed by atoms with Gasteiger partial charge < -0.3 is 25.0 Å². The Morgan fingerprint density at radius 1 is 1.02 bits per heavy atom. The zero-order chi connectivity index (χ0) is 38.6. The van der Waals surface area contributed by atoms with E-state index in [1.54, 1.807) is 37.5 Å². The van der Waals surface area contributed by atoms with Crippen LogP contribution in [0.25, 0.3) is 11.4 Å². The lowest BCUT2D eigenvalue weighted by atomic mass is 10.0. The molecule has 4 heterocycles. The number of carbonyl (C=O) groups is 4. The van der Waals surface area contributed by atoms with Crippen LogP contribution in [0.3, 0.4) is 0 Å². The van der Waals surface area contributed by atoms with Crippen LogP contribution in [0.2, 0.25) is 0 Å². The summed E-state index contributed by atoms with van der Waals surface area (Å²) in [5, 5.41) is 31.1. The van der Waals surface area contributed by atoms with Gasteiger partial charge in [0.2, 0.25) is 17.6 Å². The topological polar surface area (TPSA) is 270 Å². The van der Waals surface area contributed by atoms with Gasteiger partial charge in [0.1, 0.15) is 29.5 Å². The first-order chi connectivity index (χ1) is 26.5. The minimum Gasteiger partial charge on any atom is -0.497 e. The number of allylic oxidation sites excluding steroid dienone is 1. The zero-order valence-electron chi connectivity index (χ0n) is 30.1. The van der Waals surface area contributed by atoms with Gasteiger partial charge in [-0.1, -0.05) is 30.1 Å². The van der Waals surface area contributed by atoms with E-state index in [1.165, 1.54) is 9.70 Å². The molecule has 294 valence electrons. The van der Waals surface area contributed by atoms with Crippen LogP contribution in [0.5, 0.6) is 5.75 Å². The number of nitrogens with zero attached hydrogens (tertiary/aromatic N) is 8. The molecular formula is C33H43N13O8S. The summed E-state index contributed by atoms with van der Waals surface area (Å²) in [4.78, 5) is 58.4. The maximum atomic E-state index is 14.5. The van der Waals surface area contributed by atoms with E-state index in [0.717, 1.165) is 38.5 Å². The lowest BCUT2D eigenvalue weighted by Crippen LogP contribution is -2.58. The number of alkyl carbamates (subject to hydrolysis) is 1. The number of hydrogen-bond acceptors (Lipinski definition) is 14. The summed E-state index contributed by atoms with van der Waals surface area (Å²) >= 11 is 0. The summed E-state index contributed by atoms with van der Waals surface area (Å²) in [6, 6.07) is 4.29. The molecule has 5 N–H and O–H groups in total. The molecule has 5 atom stereocenters. The van der Waals surface area contributed by atoms with E-state index >= 15 is 0 Å². The number of fused-ring (bicyclic) bond motifs is 2. The van der Waals surface area contributed by atoms with Crippen molar-refractivity contribution in [3.05, 3.63) is 36.4 Å². The molecule has 0 bridgehead atoms. The van der Waals surface area contributed by atoms with E-state index in [1.807, 2.05) is 15.5 Å². The van der Waals surface area contributed by atoms with Crippen LogP contribution in [-0.4, -0.2) is 115 Å². The first-order valence-electron chi connectivity index (χ1n) is 18.3. The molecule has 2 aromatic heterocycles. The second kappa shape index (κ2) is 16.0. The highest BCUT2D eigenvalue weighted by molar-refractivity contribution is 7.91. The second-order valence-corrected chi connectivity index (χ2v) is 15.6. The van der Waals surface area contributed by atoms with Gasteiger partial charge in [-0.15, -0.1) is 15.3 Å². The number of rotatable bonds is 9. The summed E-state index contributed by atoms with van der Waals surface area (Å²) in [5.41, 5.74) is -0.981. The average molecular weight is 782 g/mol. The van der Waals surface area contributed by atoms with E-state index in [0.29, 0.717) is 36.4 Å². The van der Waals surface area contributed by atoms with E-state index in [-0.39, 0.29) is 25.5 Å². The maximum Gasteiger partial charge on any atom is 0.408 e. The van der Waals surface area contributed by atoms with Crippen molar-refractivity contribution in [1.82, 2.24) is 61.1 Å². The Kier molecular flexibility index (Phi) is 10.9. The Hall–Kier alpha value is -5.67. The van der Waals surface area contributed by atoms with Crippen LogP contribution >= 0.6 is 0 Å². The number of amides is 4. The van der Waals surface area contributed by atoms with Gasteiger partial charge in [0.25, 0.3) is 11.9 Å². The molecule has 0 spiro atoms. The summed E-state index contributed by atoms with van der Waals surface area (Å²) in [7, 11) is -2.97. The van der Waals surface area contributed by atoms with E-state index in [2.05, 4.69) is 46.7 Å². The number of aromatic amines is 1. The molecule has 4 aliphatic rings. The maximum absolute atomic E-state index is 14.5. The van der Waals surface area contributed by atoms with Crippen molar-refractivity contribution in [2.45, 2.75) is 100 Å². The molecule has 22 heteroatoms. The number of nitrogens with one attached hydrogen (secondary N) is 5. The van der Waals surface area contributed by atoms with E-state index in [4.69, 9.17) is 9.47 Å². The fraction of sp³-hybridized carbons (Fsp3) is 0.576. The fourth-order valence-corrected chi connectivity index (χ4v) is 8.20. The molecule has 3 fully saturated rings. The van der Waals surface area contributed by atoms with Gasteiger partial charge >= 0.3 is 16.3 Å². The smallest absolute Gasteiger partial charge is 0.408 e. The molecule has 21 nitrogen and oxygen atoms in total. The van der Waals surface area contributed by atoms with Crippen molar-refractivity contribution in [2.24, 2.45) is 5.92 Å². The average Bonchev–Trinajstić information content (AvgIpc) is 3.82. The SMILES string of the molecule is COc1ccc(-c2nnn([C@@H]3C[C@H]4C(=O)N[C@@]5(C(=O)NS(=O)(=O)Nc6nn[nH]n6)C[C@H]5/C=C\CCCCC[C@@H](NC(=O)OC5CCCC5)C(=O)N4C3)n2)cc1. The number of carbonyl (C=O) groups excluding carboxylic acids is 4. The Bertz CT molecular complexity index is 2000. The van der Waals surface area contributed by atoms with Crippen LogP contribution in [0.15, 0.2) is 36.4 Å². The Labute approximate surface area is 315 Å². The third-order valence-corrected chi connectivity index (χ3v) is 11.3. The molecule has 4 amide bonds. The van der Waals surface area contributed by atoms with Crippen LogP contribution in [0.1, 0.15) is 76.7 Å². The van der Waals surface area contributed by atoms with E-state index < -0.39 is 69.6 Å². The Morgan fingerprint density at radius 3 is 2.55 bits per heavy atom. The molecular weight excluding hydrogens is 739 g/mol. The highest BCUT2D eigenvalue weighted by Gasteiger charge is 2.61. The molecule has 3 aromatic rings. The lowest BCUT2D eigenvalue weighted by Gasteiger charge is -2.30. The predicted octanol–water partition coefficient (Wildman–Crippen LogP) is 0.910. The van der Waals surface area contributed by atoms with Crippen molar-refractivity contribution in [3.8, 4) is 17.1 Å².